The molecule has 4 heteroatoms. The first-order chi connectivity index (χ1) is 15.3. The molecule has 4 nitrogen and oxygen atoms in total. The molecule has 164 valence electrons. The number of benzene rings is 2. The van der Waals surface area contributed by atoms with Crippen molar-refractivity contribution in [2.75, 3.05) is 6.54 Å². The number of para-hydroxylation sites is 2. The zero-order valence-corrected chi connectivity index (χ0v) is 18.6. The summed E-state index contributed by atoms with van der Waals surface area (Å²) in [5.74, 6) is 1.73. The molecule has 31 heavy (non-hydrogen) atoms. The molecule has 0 unspecified atom stereocenters. The first-order valence-corrected chi connectivity index (χ1v) is 12.1. The van der Waals surface area contributed by atoms with Crippen LogP contribution in [0.15, 0.2) is 54.6 Å². The van der Waals surface area contributed by atoms with Gasteiger partial charge in [0, 0.05) is 25.4 Å². The van der Waals surface area contributed by atoms with Gasteiger partial charge in [-0.15, -0.1) is 0 Å². The molecule has 0 atom stereocenters. The van der Waals surface area contributed by atoms with Gasteiger partial charge in [-0.2, -0.15) is 0 Å². The Hall–Kier alpha value is -2.62. The van der Waals surface area contributed by atoms with E-state index >= 15 is 0 Å². The van der Waals surface area contributed by atoms with Crippen molar-refractivity contribution in [2.24, 2.45) is 5.92 Å². The Balaban J connectivity index is 1.26. The zero-order valence-electron chi connectivity index (χ0n) is 18.6. The predicted molar refractivity (Wildman–Crippen MR) is 127 cm³/mol. The lowest BCUT2D eigenvalue weighted by molar-refractivity contribution is -0.125. The normalized spacial score (nSPS) is 14.7. The molecule has 4 rings (SSSR count). The van der Waals surface area contributed by atoms with Crippen molar-refractivity contribution >= 4 is 16.9 Å². The van der Waals surface area contributed by atoms with E-state index in [4.69, 9.17) is 4.98 Å². The average molecular weight is 418 g/mol. The average Bonchev–Trinajstić information content (AvgIpc) is 3.18. The van der Waals surface area contributed by atoms with Crippen molar-refractivity contribution in [1.29, 1.82) is 0 Å². The zero-order chi connectivity index (χ0) is 21.3. The van der Waals surface area contributed by atoms with Crippen molar-refractivity contribution in [3.05, 3.63) is 66.0 Å². The van der Waals surface area contributed by atoms with Gasteiger partial charge in [0.05, 0.1) is 11.0 Å². The smallest absolute Gasteiger partial charge is 0.223 e. The molecule has 1 amide bonds. The van der Waals surface area contributed by atoms with E-state index < -0.39 is 0 Å². The molecule has 1 saturated carbocycles. The number of hydrogen-bond donors (Lipinski definition) is 1. The van der Waals surface area contributed by atoms with E-state index in [9.17, 15) is 4.79 Å². The Morgan fingerprint density at radius 2 is 1.68 bits per heavy atom. The summed E-state index contributed by atoms with van der Waals surface area (Å²) in [5, 5.41) is 3.16. The summed E-state index contributed by atoms with van der Waals surface area (Å²) in [6.07, 6.45) is 11.1. The van der Waals surface area contributed by atoms with Crippen LogP contribution in [-0.4, -0.2) is 22.0 Å². The second-order valence-corrected chi connectivity index (χ2v) is 8.84. The highest BCUT2D eigenvalue weighted by molar-refractivity contribution is 5.78. The van der Waals surface area contributed by atoms with E-state index in [0.717, 1.165) is 63.6 Å². The highest BCUT2D eigenvalue weighted by atomic mass is 16.1. The highest BCUT2D eigenvalue weighted by Crippen LogP contribution is 2.23. The molecule has 0 bridgehead atoms. The van der Waals surface area contributed by atoms with E-state index in [1.807, 2.05) is 0 Å². The molecule has 1 fully saturated rings. The fourth-order valence-electron chi connectivity index (χ4n) is 4.76. The van der Waals surface area contributed by atoms with Gasteiger partial charge in [0.2, 0.25) is 5.91 Å². The Morgan fingerprint density at radius 3 is 2.52 bits per heavy atom. The van der Waals surface area contributed by atoms with Crippen LogP contribution in [0.5, 0.6) is 0 Å². The lowest BCUT2D eigenvalue weighted by Gasteiger charge is -2.20. The van der Waals surface area contributed by atoms with Crippen LogP contribution in [-0.2, 0) is 24.2 Å². The number of unbranched alkanes of at least 4 members (excludes halogenated alkanes) is 2. The molecule has 3 aromatic rings. The molecule has 0 radical (unpaired) electrons. The minimum Gasteiger partial charge on any atom is -0.356 e. The molecular formula is C27H35N3O. The molecule has 0 aliphatic heterocycles. The summed E-state index contributed by atoms with van der Waals surface area (Å²) in [7, 11) is 0. The number of amides is 1. The maximum atomic E-state index is 12.3. The molecule has 0 saturated heterocycles. The third-order valence-electron chi connectivity index (χ3n) is 6.55. The van der Waals surface area contributed by atoms with Gasteiger partial charge >= 0.3 is 0 Å². The van der Waals surface area contributed by atoms with Crippen molar-refractivity contribution in [3.8, 4) is 0 Å². The van der Waals surface area contributed by atoms with Crippen molar-refractivity contribution in [3.63, 3.8) is 0 Å². The maximum Gasteiger partial charge on any atom is 0.223 e. The van der Waals surface area contributed by atoms with Crippen molar-refractivity contribution in [2.45, 2.75) is 70.8 Å². The van der Waals surface area contributed by atoms with Crippen molar-refractivity contribution in [1.82, 2.24) is 14.9 Å². The van der Waals surface area contributed by atoms with Gasteiger partial charge in [-0.25, -0.2) is 4.98 Å². The van der Waals surface area contributed by atoms with Gasteiger partial charge in [-0.1, -0.05) is 68.1 Å². The standard InChI is InChI=1S/C27H35N3O/c31-27(23-14-6-2-7-15-23)28-20-11-3-8-18-26-29-24-16-9-10-17-25(24)30(26)21-19-22-12-4-1-5-13-22/h1,4-5,9-10,12-13,16-17,23H,2-3,6-8,11,14-15,18-21H2,(H,28,31). The summed E-state index contributed by atoms with van der Waals surface area (Å²) in [5.41, 5.74) is 3.68. The Kier molecular flexibility index (Phi) is 7.76. The first-order valence-electron chi connectivity index (χ1n) is 12.1. The maximum absolute atomic E-state index is 12.3. The van der Waals surface area contributed by atoms with Gasteiger partial charge in [0.1, 0.15) is 5.82 Å². The molecular weight excluding hydrogens is 382 g/mol. The van der Waals surface area contributed by atoms with Crippen LogP contribution < -0.4 is 5.32 Å². The second kappa shape index (κ2) is 11.1. The van der Waals surface area contributed by atoms with Gasteiger partial charge in [-0.05, 0) is 49.8 Å². The van der Waals surface area contributed by atoms with Crippen LogP contribution >= 0.6 is 0 Å². The van der Waals surface area contributed by atoms with Crippen LogP contribution in [0, 0.1) is 5.92 Å². The fourth-order valence-corrected chi connectivity index (χ4v) is 4.76. The van der Waals surface area contributed by atoms with Crippen LogP contribution in [0.4, 0.5) is 0 Å². The monoisotopic (exact) mass is 417 g/mol. The van der Waals surface area contributed by atoms with E-state index in [0.29, 0.717) is 0 Å². The number of carbonyl (C=O) groups is 1. The number of nitrogens with zero attached hydrogens (tertiary/aromatic N) is 2. The third-order valence-corrected chi connectivity index (χ3v) is 6.55. The molecule has 1 heterocycles. The number of aromatic nitrogens is 2. The number of nitrogens with one attached hydrogen (secondary N) is 1. The topological polar surface area (TPSA) is 46.9 Å². The number of imidazole rings is 1. The minimum atomic E-state index is 0.262. The van der Waals surface area contributed by atoms with Gasteiger partial charge in [0.25, 0.3) is 0 Å². The van der Waals surface area contributed by atoms with Gasteiger partial charge < -0.3 is 9.88 Å². The van der Waals surface area contributed by atoms with Crippen LogP contribution in [0.25, 0.3) is 11.0 Å². The molecule has 1 N–H and O–H groups in total. The van der Waals surface area contributed by atoms with E-state index in [1.54, 1.807) is 0 Å². The third kappa shape index (κ3) is 5.96. The first kappa shape index (κ1) is 21.6. The number of hydrogen-bond acceptors (Lipinski definition) is 2. The van der Waals surface area contributed by atoms with Gasteiger partial charge in [-0.3, -0.25) is 4.79 Å². The molecule has 2 aromatic carbocycles. The molecule has 1 aliphatic rings. The Bertz CT molecular complexity index is 957. The van der Waals surface area contributed by atoms with Crippen molar-refractivity contribution < 1.29 is 4.79 Å². The second-order valence-electron chi connectivity index (χ2n) is 8.84. The molecule has 0 spiro atoms. The number of rotatable bonds is 10. The van der Waals surface area contributed by atoms with Gasteiger partial charge in [0.15, 0.2) is 0 Å². The summed E-state index contributed by atoms with van der Waals surface area (Å²) < 4.78 is 2.40. The summed E-state index contributed by atoms with van der Waals surface area (Å²) >= 11 is 0. The van der Waals surface area contributed by atoms with E-state index in [2.05, 4.69) is 64.5 Å². The van der Waals surface area contributed by atoms with Crippen LogP contribution in [0.3, 0.4) is 0 Å². The predicted octanol–water partition coefficient (Wildman–Crippen LogP) is 5.69. The summed E-state index contributed by atoms with van der Waals surface area (Å²) in [6, 6.07) is 19.1. The number of aryl methyl sites for hydroxylation is 3. The lowest BCUT2D eigenvalue weighted by Crippen LogP contribution is -2.32. The lowest BCUT2D eigenvalue weighted by atomic mass is 9.89. The van der Waals surface area contributed by atoms with Crippen LogP contribution in [0.2, 0.25) is 0 Å². The quantitative estimate of drug-likeness (QED) is 0.431. The SMILES string of the molecule is O=C(NCCCCCc1nc2ccccc2n1CCc1ccccc1)C1CCCCC1. The molecule has 1 aromatic heterocycles. The Labute approximate surface area is 186 Å². The summed E-state index contributed by atoms with van der Waals surface area (Å²) in [6.45, 7) is 1.76. The minimum absolute atomic E-state index is 0.262. The molecule has 1 aliphatic carbocycles. The van der Waals surface area contributed by atoms with E-state index in [-0.39, 0.29) is 11.8 Å². The number of carbonyl (C=O) groups excluding carboxylic acids is 1. The largest absolute Gasteiger partial charge is 0.356 e. The summed E-state index contributed by atoms with van der Waals surface area (Å²) in [4.78, 5) is 17.2. The fraction of sp³-hybridized carbons (Fsp3) is 0.481. The van der Waals surface area contributed by atoms with E-state index in [1.165, 1.54) is 36.2 Å². The highest BCUT2D eigenvalue weighted by Gasteiger charge is 2.20. The van der Waals surface area contributed by atoms with Crippen LogP contribution in [0.1, 0.15) is 62.8 Å². The number of fused-ring (bicyclic) bond motifs is 1. The Morgan fingerprint density at radius 1 is 0.903 bits per heavy atom.